The summed E-state index contributed by atoms with van der Waals surface area (Å²) in [5.74, 6) is -0.151. The van der Waals surface area contributed by atoms with E-state index in [0.29, 0.717) is 5.11 Å². The number of hydrogen-bond donors (Lipinski definition) is 2. The Morgan fingerprint density at radius 2 is 1.86 bits per heavy atom. The summed E-state index contributed by atoms with van der Waals surface area (Å²) in [6, 6.07) is 12.7. The van der Waals surface area contributed by atoms with Gasteiger partial charge in [-0.3, -0.25) is 0 Å². The first kappa shape index (κ1) is 16.2. The minimum atomic E-state index is -0.383. The number of thiocarbonyl (C=S) groups is 1. The second-order valence-electron chi connectivity index (χ2n) is 5.08. The number of benzene rings is 2. The lowest BCUT2D eigenvalue weighted by Crippen LogP contribution is -2.30. The number of halogens is 1. The highest BCUT2D eigenvalue weighted by Crippen LogP contribution is 2.21. The van der Waals surface area contributed by atoms with Gasteiger partial charge in [0.25, 0.3) is 0 Å². The topological polar surface area (TPSA) is 33.3 Å². The molecule has 5 heteroatoms. The minimum Gasteiger partial charge on any atom is -0.494 e. The number of aryl methyl sites for hydroxylation is 1. The summed E-state index contributed by atoms with van der Waals surface area (Å²) in [5, 5.41) is 6.74. The molecule has 22 heavy (non-hydrogen) atoms. The first-order chi connectivity index (χ1) is 10.5. The van der Waals surface area contributed by atoms with Crippen molar-refractivity contribution in [3.05, 3.63) is 59.4 Å². The summed E-state index contributed by atoms with van der Waals surface area (Å²) < 4.78 is 18.6. The number of nitrogens with one attached hydrogen (secondary N) is 2. The molecule has 0 fully saturated rings. The van der Waals surface area contributed by atoms with Crippen molar-refractivity contribution in [3.8, 4) is 5.75 Å². The summed E-state index contributed by atoms with van der Waals surface area (Å²) in [7, 11) is 1.44. The lowest BCUT2D eigenvalue weighted by Gasteiger charge is -2.18. The van der Waals surface area contributed by atoms with Gasteiger partial charge >= 0.3 is 0 Å². The smallest absolute Gasteiger partial charge is 0.171 e. The van der Waals surface area contributed by atoms with Crippen molar-refractivity contribution in [2.24, 2.45) is 0 Å². The van der Waals surface area contributed by atoms with Gasteiger partial charge in [0.1, 0.15) is 0 Å². The SMILES string of the molecule is COc1ccc([C@@H](C)NC(=S)Nc2ccc(C)cc2)cc1F. The highest BCUT2D eigenvalue weighted by Gasteiger charge is 2.10. The Kier molecular flexibility index (Phi) is 5.33. The highest BCUT2D eigenvalue weighted by molar-refractivity contribution is 7.80. The Labute approximate surface area is 135 Å². The molecule has 0 spiro atoms. The Balaban J connectivity index is 1.98. The largest absolute Gasteiger partial charge is 0.494 e. The van der Waals surface area contributed by atoms with Gasteiger partial charge in [0, 0.05) is 5.69 Å². The lowest BCUT2D eigenvalue weighted by molar-refractivity contribution is 0.386. The van der Waals surface area contributed by atoms with Crippen molar-refractivity contribution in [1.29, 1.82) is 0 Å². The normalized spacial score (nSPS) is 11.6. The maximum atomic E-state index is 13.7. The molecule has 3 nitrogen and oxygen atoms in total. The van der Waals surface area contributed by atoms with Crippen LogP contribution in [0.25, 0.3) is 0 Å². The standard InChI is InChI=1S/C17H19FN2OS/c1-11-4-7-14(8-5-11)20-17(22)19-12(2)13-6-9-16(21-3)15(18)10-13/h4-10,12H,1-3H3,(H2,19,20,22)/t12-/m1/s1. The Morgan fingerprint density at radius 1 is 1.18 bits per heavy atom. The fraction of sp³-hybridized carbons (Fsp3) is 0.235. The molecule has 116 valence electrons. The molecule has 0 aliphatic rings. The van der Waals surface area contributed by atoms with Crippen LogP contribution in [0, 0.1) is 12.7 Å². The van der Waals surface area contributed by atoms with E-state index >= 15 is 0 Å². The van der Waals surface area contributed by atoms with Crippen LogP contribution < -0.4 is 15.4 Å². The molecule has 0 saturated carbocycles. The van der Waals surface area contributed by atoms with Crippen molar-refractivity contribution in [1.82, 2.24) is 5.32 Å². The third-order valence-electron chi connectivity index (χ3n) is 3.33. The van der Waals surface area contributed by atoms with Gasteiger partial charge in [0.15, 0.2) is 16.7 Å². The van der Waals surface area contributed by atoms with E-state index in [1.54, 1.807) is 6.07 Å². The van der Waals surface area contributed by atoms with Gasteiger partial charge < -0.3 is 15.4 Å². The van der Waals surface area contributed by atoms with Crippen molar-refractivity contribution in [2.75, 3.05) is 12.4 Å². The average molecular weight is 318 g/mol. The molecule has 0 aliphatic heterocycles. The van der Waals surface area contributed by atoms with Crippen LogP contribution in [0.2, 0.25) is 0 Å². The maximum absolute atomic E-state index is 13.7. The molecule has 2 aromatic carbocycles. The van der Waals surface area contributed by atoms with E-state index in [4.69, 9.17) is 17.0 Å². The summed E-state index contributed by atoms with van der Waals surface area (Å²) in [5.41, 5.74) is 2.90. The van der Waals surface area contributed by atoms with Crippen molar-refractivity contribution >= 4 is 23.0 Å². The zero-order valence-electron chi connectivity index (χ0n) is 12.8. The van der Waals surface area contributed by atoms with E-state index in [0.717, 1.165) is 11.3 Å². The number of rotatable bonds is 4. The van der Waals surface area contributed by atoms with E-state index in [-0.39, 0.29) is 17.6 Å². The first-order valence-electron chi connectivity index (χ1n) is 6.97. The second-order valence-corrected chi connectivity index (χ2v) is 5.49. The minimum absolute atomic E-state index is 0.120. The van der Waals surface area contributed by atoms with E-state index < -0.39 is 0 Å². The Hall–Kier alpha value is -2.14. The van der Waals surface area contributed by atoms with Crippen LogP contribution in [0.15, 0.2) is 42.5 Å². The van der Waals surface area contributed by atoms with Crippen LogP contribution in [0.4, 0.5) is 10.1 Å². The molecule has 0 radical (unpaired) electrons. The van der Waals surface area contributed by atoms with Gasteiger partial charge in [-0.1, -0.05) is 23.8 Å². The first-order valence-corrected chi connectivity index (χ1v) is 7.38. The number of methoxy groups -OCH3 is 1. The molecule has 0 aliphatic carbocycles. The molecule has 0 heterocycles. The van der Waals surface area contributed by atoms with Crippen LogP contribution in [0.3, 0.4) is 0 Å². The van der Waals surface area contributed by atoms with Crippen molar-refractivity contribution < 1.29 is 9.13 Å². The van der Waals surface area contributed by atoms with Gasteiger partial charge in [-0.2, -0.15) is 0 Å². The van der Waals surface area contributed by atoms with Crippen LogP contribution in [-0.2, 0) is 0 Å². The summed E-state index contributed by atoms with van der Waals surface area (Å²) >= 11 is 5.29. The highest BCUT2D eigenvalue weighted by atomic mass is 32.1. The van der Waals surface area contributed by atoms with Crippen LogP contribution >= 0.6 is 12.2 Å². The van der Waals surface area contributed by atoms with Crippen LogP contribution in [-0.4, -0.2) is 12.2 Å². The molecule has 2 rings (SSSR count). The Bertz CT molecular complexity index is 658. The third kappa shape index (κ3) is 4.18. The summed E-state index contributed by atoms with van der Waals surface area (Å²) in [4.78, 5) is 0. The van der Waals surface area contributed by atoms with Gasteiger partial charge in [-0.15, -0.1) is 0 Å². The number of ether oxygens (including phenoxy) is 1. The van der Waals surface area contributed by atoms with Gasteiger partial charge in [0.05, 0.1) is 13.2 Å². The number of hydrogen-bond acceptors (Lipinski definition) is 2. The second kappa shape index (κ2) is 7.22. The molecule has 0 saturated heterocycles. The molecular formula is C17H19FN2OS. The van der Waals surface area contributed by atoms with Crippen LogP contribution in [0.1, 0.15) is 24.1 Å². The van der Waals surface area contributed by atoms with Crippen LogP contribution in [0.5, 0.6) is 5.75 Å². The molecule has 1 atom stereocenters. The van der Waals surface area contributed by atoms with Gasteiger partial charge in [0.2, 0.25) is 0 Å². The van der Waals surface area contributed by atoms with Gasteiger partial charge in [-0.25, -0.2) is 4.39 Å². The molecule has 2 aromatic rings. The fourth-order valence-corrected chi connectivity index (χ4v) is 2.33. The maximum Gasteiger partial charge on any atom is 0.171 e. The summed E-state index contributed by atoms with van der Waals surface area (Å²) in [6.45, 7) is 3.95. The Morgan fingerprint density at radius 3 is 2.45 bits per heavy atom. The van der Waals surface area contributed by atoms with E-state index in [2.05, 4.69) is 10.6 Å². The fourth-order valence-electron chi connectivity index (χ4n) is 2.04. The molecule has 0 aromatic heterocycles. The van der Waals surface area contributed by atoms with Crippen molar-refractivity contribution in [3.63, 3.8) is 0 Å². The van der Waals surface area contributed by atoms with E-state index in [1.807, 2.05) is 44.2 Å². The molecule has 0 bridgehead atoms. The third-order valence-corrected chi connectivity index (χ3v) is 3.55. The molecule has 0 amide bonds. The molecule has 2 N–H and O–H groups in total. The number of anilines is 1. The van der Waals surface area contributed by atoms with Gasteiger partial charge in [-0.05, 0) is 55.9 Å². The zero-order valence-corrected chi connectivity index (χ0v) is 13.6. The molecular weight excluding hydrogens is 299 g/mol. The predicted octanol–water partition coefficient (Wildman–Crippen LogP) is 4.19. The summed E-state index contributed by atoms with van der Waals surface area (Å²) in [6.07, 6.45) is 0. The predicted molar refractivity (Wildman–Crippen MR) is 91.9 cm³/mol. The monoisotopic (exact) mass is 318 g/mol. The lowest BCUT2D eigenvalue weighted by atomic mass is 10.1. The molecule has 0 unspecified atom stereocenters. The van der Waals surface area contributed by atoms with E-state index in [9.17, 15) is 4.39 Å². The van der Waals surface area contributed by atoms with E-state index in [1.165, 1.54) is 18.7 Å². The zero-order chi connectivity index (χ0) is 16.1. The average Bonchev–Trinajstić information content (AvgIpc) is 2.49. The quantitative estimate of drug-likeness (QED) is 0.828. The van der Waals surface area contributed by atoms with Crippen molar-refractivity contribution in [2.45, 2.75) is 19.9 Å².